The molecule has 0 spiro atoms. The Hall–Kier alpha value is -0.940. The number of sulfone groups is 1. The first kappa shape index (κ1) is 11.1. The lowest BCUT2D eigenvalue weighted by atomic mass is 10.2. The molecule has 0 fully saturated rings. The first-order valence-electron chi connectivity index (χ1n) is 4.23. The minimum absolute atomic E-state index is 0.00231. The van der Waals surface area contributed by atoms with Gasteiger partial charge in [0.25, 0.3) is 0 Å². The Balaban J connectivity index is 3.42. The normalized spacial score (nSPS) is 11.6. The van der Waals surface area contributed by atoms with Crippen LogP contribution in [0.15, 0.2) is 23.1 Å². The van der Waals surface area contributed by atoms with Crippen molar-refractivity contribution in [2.45, 2.75) is 18.4 Å². The summed E-state index contributed by atoms with van der Waals surface area (Å²) in [5.74, 6) is -0.620. The third-order valence-electron chi connectivity index (χ3n) is 2.00. The fraction of sp³-hybridized carbons (Fsp3) is 0.333. The zero-order chi connectivity index (χ0) is 10.8. The van der Waals surface area contributed by atoms with Crippen LogP contribution in [0.2, 0.25) is 0 Å². The van der Waals surface area contributed by atoms with Crippen LogP contribution in [-0.4, -0.2) is 14.2 Å². The molecule has 14 heavy (non-hydrogen) atoms. The second-order valence-electron chi connectivity index (χ2n) is 2.82. The SMILES string of the molecule is CCS(=O)(=O)c1cccc(F)c1CN. The zero-order valence-electron chi connectivity index (χ0n) is 7.83. The van der Waals surface area contributed by atoms with Crippen LogP contribution in [0.1, 0.15) is 12.5 Å². The third-order valence-corrected chi connectivity index (χ3v) is 3.81. The lowest BCUT2D eigenvalue weighted by Gasteiger charge is -2.07. The molecule has 0 radical (unpaired) electrons. The van der Waals surface area contributed by atoms with Crippen molar-refractivity contribution in [3.8, 4) is 0 Å². The number of nitrogens with two attached hydrogens (primary N) is 1. The summed E-state index contributed by atoms with van der Waals surface area (Å²) in [5.41, 5.74) is 5.36. The highest BCUT2D eigenvalue weighted by molar-refractivity contribution is 7.91. The smallest absolute Gasteiger partial charge is 0.178 e. The van der Waals surface area contributed by atoms with Gasteiger partial charge >= 0.3 is 0 Å². The molecule has 5 heteroatoms. The Morgan fingerprint density at radius 3 is 2.57 bits per heavy atom. The Kier molecular flexibility index (Phi) is 3.23. The average molecular weight is 217 g/mol. The van der Waals surface area contributed by atoms with Gasteiger partial charge in [-0.3, -0.25) is 0 Å². The molecule has 0 saturated heterocycles. The zero-order valence-corrected chi connectivity index (χ0v) is 8.64. The quantitative estimate of drug-likeness (QED) is 0.824. The van der Waals surface area contributed by atoms with Gasteiger partial charge in [-0.1, -0.05) is 13.0 Å². The highest BCUT2D eigenvalue weighted by atomic mass is 32.2. The Labute approximate surface area is 82.7 Å². The van der Waals surface area contributed by atoms with Gasteiger partial charge < -0.3 is 5.73 Å². The topological polar surface area (TPSA) is 60.2 Å². The summed E-state index contributed by atoms with van der Waals surface area (Å²) in [6, 6.07) is 3.96. The molecule has 0 amide bonds. The first-order valence-corrected chi connectivity index (χ1v) is 5.88. The molecule has 0 atom stereocenters. The predicted octanol–water partition coefficient (Wildman–Crippen LogP) is 1.08. The van der Waals surface area contributed by atoms with Crippen LogP contribution >= 0.6 is 0 Å². The molecule has 0 unspecified atom stereocenters. The molecule has 0 aromatic heterocycles. The van der Waals surface area contributed by atoms with Crippen LogP contribution in [0.25, 0.3) is 0 Å². The van der Waals surface area contributed by atoms with Crippen LogP contribution in [0.5, 0.6) is 0 Å². The van der Waals surface area contributed by atoms with E-state index in [1.165, 1.54) is 25.1 Å². The number of hydrogen-bond donors (Lipinski definition) is 1. The second kappa shape index (κ2) is 4.06. The minimum atomic E-state index is -3.38. The van der Waals surface area contributed by atoms with Gasteiger partial charge in [-0.15, -0.1) is 0 Å². The highest BCUT2D eigenvalue weighted by Crippen LogP contribution is 2.19. The van der Waals surface area contributed by atoms with Gasteiger partial charge in [-0.05, 0) is 12.1 Å². The monoisotopic (exact) mass is 217 g/mol. The van der Waals surface area contributed by atoms with E-state index in [-0.39, 0.29) is 22.8 Å². The molecule has 3 nitrogen and oxygen atoms in total. The van der Waals surface area contributed by atoms with E-state index < -0.39 is 15.7 Å². The maximum atomic E-state index is 13.2. The van der Waals surface area contributed by atoms with Crippen LogP contribution in [0.4, 0.5) is 4.39 Å². The maximum absolute atomic E-state index is 13.2. The molecule has 1 aromatic carbocycles. The van der Waals surface area contributed by atoms with Crippen molar-refractivity contribution >= 4 is 9.84 Å². The summed E-state index contributed by atoms with van der Waals surface area (Å²) >= 11 is 0. The van der Waals surface area contributed by atoms with Crippen molar-refractivity contribution in [3.05, 3.63) is 29.6 Å². The van der Waals surface area contributed by atoms with E-state index in [0.29, 0.717) is 0 Å². The van der Waals surface area contributed by atoms with Gasteiger partial charge in [0.15, 0.2) is 9.84 Å². The summed E-state index contributed by atoms with van der Waals surface area (Å²) in [5, 5.41) is 0. The molecular weight excluding hydrogens is 205 g/mol. The van der Waals surface area contributed by atoms with Crippen molar-refractivity contribution in [1.29, 1.82) is 0 Å². The van der Waals surface area contributed by atoms with Crippen molar-refractivity contribution in [2.75, 3.05) is 5.75 Å². The van der Waals surface area contributed by atoms with Crippen molar-refractivity contribution < 1.29 is 12.8 Å². The molecule has 0 aliphatic heterocycles. The lowest BCUT2D eigenvalue weighted by molar-refractivity contribution is 0.583. The molecule has 0 bridgehead atoms. The molecule has 0 heterocycles. The Morgan fingerprint density at radius 1 is 1.43 bits per heavy atom. The van der Waals surface area contributed by atoms with E-state index in [1.807, 2.05) is 0 Å². The van der Waals surface area contributed by atoms with Crippen LogP contribution < -0.4 is 5.73 Å². The molecule has 0 aliphatic rings. The van der Waals surface area contributed by atoms with Crippen molar-refractivity contribution in [2.24, 2.45) is 5.73 Å². The summed E-state index contributed by atoms with van der Waals surface area (Å²) in [4.78, 5) is 0.00231. The van der Waals surface area contributed by atoms with Gasteiger partial charge in [-0.25, -0.2) is 12.8 Å². The molecular formula is C9H12FNO2S. The van der Waals surface area contributed by atoms with Gasteiger partial charge in [0, 0.05) is 12.1 Å². The van der Waals surface area contributed by atoms with Crippen LogP contribution in [0.3, 0.4) is 0 Å². The molecule has 0 saturated carbocycles. The molecule has 1 rings (SSSR count). The lowest BCUT2D eigenvalue weighted by Crippen LogP contribution is -2.11. The Bertz CT molecular complexity index is 428. The van der Waals surface area contributed by atoms with E-state index in [0.717, 1.165) is 0 Å². The summed E-state index contributed by atoms with van der Waals surface area (Å²) in [6.07, 6.45) is 0. The first-order chi connectivity index (χ1) is 6.53. The van der Waals surface area contributed by atoms with Gasteiger partial charge in [0.2, 0.25) is 0 Å². The van der Waals surface area contributed by atoms with Crippen LogP contribution in [0, 0.1) is 5.82 Å². The number of hydrogen-bond acceptors (Lipinski definition) is 3. The molecule has 0 aliphatic carbocycles. The standard InChI is InChI=1S/C9H12FNO2S/c1-2-14(12,13)9-5-3-4-8(10)7(9)6-11/h3-5H,2,6,11H2,1H3. The van der Waals surface area contributed by atoms with Crippen molar-refractivity contribution in [1.82, 2.24) is 0 Å². The van der Waals surface area contributed by atoms with E-state index in [4.69, 9.17) is 5.73 Å². The molecule has 2 N–H and O–H groups in total. The van der Waals surface area contributed by atoms with E-state index >= 15 is 0 Å². The summed E-state index contributed by atoms with van der Waals surface area (Å²) in [7, 11) is -3.38. The third kappa shape index (κ3) is 1.93. The minimum Gasteiger partial charge on any atom is -0.326 e. The van der Waals surface area contributed by atoms with Crippen LogP contribution in [-0.2, 0) is 16.4 Å². The largest absolute Gasteiger partial charge is 0.326 e. The number of benzene rings is 1. The molecule has 1 aromatic rings. The van der Waals surface area contributed by atoms with Gasteiger partial charge in [0.05, 0.1) is 10.6 Å². The van der Waals surface area contributed by atoms with Gasteiger partial charge in [-0.2, -0.15) is 0 Å². The fourth-order valence-corrected chi connectivity index (χ4v) is 2.34. The summed E-state index contributed by atoms with van der Waals surface area (Å²) < 4.78 is 36.2. The number of rotatable bonds is 3. The maximum Gasteiger partial charge on any atom is 0.178 e. The number of halogens is 1. The summed E-state index contributed by atoms with van der Waals surface area (Å²) in [6.45, 7) is 1.40. The second-order valence-corrected chi connectivity index (χ2v) is 5.07. The van der Waals surface area contributed by atoms with Gasteiger partial charge in [0.1, 0.15) is 5.82 Å². The fourth-order valence-electron chi connectivity index (χ4n) is 1.18. The average Bonchev–Trinajstić information content (AvgIpc) is 2.17. The predicted molar refractivity (Wildman–Crippen MR) is 52.0 cm³/mol. The Morgan fingerprint density at radius 2 is 2.07 bits per heavy atom. The highest BCUT2D eigenvalue weighted by Gasteiger charge is 2.17. The van der Waals surface area contributed by atoms with E-state index in [1.54, 1.807) is 0 Å². The molecule has 78 valence electrons. The van der Waals surface area contributed by atoms with E-state index in [9.17, 15) is 12.8 Å². The van der Waals surface area contributed by atoms with Crippen molar-refractivity contribution in [3.63, 3.8) is 0 Å². The van der Waals surface area contributed by atoms with E-state index in [2.05, 4.69) is 0 Å².